The normalized spacial score (nSPS) is 12.1. The Hall–Kier alpha value is -3.00. The van der Waals surface area contributed by atoms with Gasteiger partial charge in [0.2, 0.25) is 5.91 Å². The number of rotatable bonds is 14. The summed E-state index contributed by atoms with van der Waals surface area (Å²) in [5, 5.41) is 7.25. The highest BCUT2D eigenvalue weighted by Crippen LogP contribution is 2.24. The molecule has 8 heteroatoms. The summed E-state index contributed by atoms with van der Waals surface area (Å²) in [5.74, 6) is 1.32. The van der Waals surface area contributed by atoms with Gasteiger partial charge in [-0.05, 0) is 18.8 Å². The molecule has 0 aliphatic rings. The van der Waals surface area contributed by atoms with E-state index in [1.807, 2.05) is 38.1 Å². The number of Topliss-reactive ketones (excluding diaryl/α,β-unsaturated/α-hetero) is 1. The molecule has 1 aromatic carbocycles. The van der Waals surface area contributed by atoms with Crippen molar-refractivity contribution < 1.29 is 23.2 Å². The number of fused-ring (bicyclic) bond motifs is 1. The molecule has 3 aromatic rings. The van der Waals surface area contributed by atoms with Crippen LogP contribution in [0.3, 0.4) is 0 Å². The fourth-order valence-electron chi connectivity index (χ4n) is 3.78. The number of ketones is 1. The minimum absolute atomic E-state index is 0.178. The molecule has 0 aliphatic heterocycles. The minimum Gasteiger partial charge on any atom is -0.466 e. The second-order valence-electron chi connectivity index (χ2n) is 9.04. The number of nitrogens with one attached hydrogen (secondary N) is 2. The van der Waals surface area contributed by atoms with Crippen LogP contribution in [-0.4, -0.2) is 29.4 Å². The van der Waals surface area contributed by atoms with E-state index >= 15 is 0 Å². The molecule has 0 saturated carbocycles. The van der Waals surface area contributed by atoms with Crippen LogP contribution in [0.2, 0.25) is 0 Å². The summed E-state index contributed by atoms with van der Waals surface area (Å²) in [5.41, 5.74) is 0.549. The van der Waals surface area contributed by atoms with E-state index in [0.29, 0.717) is 41.2 Å². The Balaban J connectivity index is 1.60. The number of carbonyl (C=O) groups is 3. The fourth-order valence-corrected chi connectivity index (χ4v) is 4.66. The molecular weight excluding hydrogens is 464 g/mol. The van der Waals surface area contributed by atoms with Gasteiger partial charge in [-0.2, -0.15) is 0 Å². The zero-order valence-electron chi connectivity index (χ0n) is 20.6. The number of thioether (sulfide) groups is 1. The topological polar surface area (TPSA) is 102 Å². The molecule has 2 aromatic heterocycles. The van der Waals surface area contributed by atoms with Gasteiger partial charge in [0.1, 0.15) is 17.6 Å². The Bertz CT molecular complexity index is 1130. The van der Waals surface area contributed by atoms with Crippen LogP contribution < -0.4 is 10.6 Å². The Morgan fingerprint density at radius 1 is 1.06 bits per heavy atom. The van der Waals surface area contributed by atoms with E-state index in [4.69, 9.17) is 8.83 Å². The molecule has 2 amide bonds. The second-order valence-corrected chi connectivity index (χ2v) is 10.0. The molecule has 0 radical (unpaired) electrons. The first-order valence-electron chi connectivity index (χ1n) is 12.1. The maximum absolute atomic E-state index is 13.1. The zero-order chi connectivity index (χ0) is 25.2. The van der Waals surface area contributed by atoms with Gasteiger partial charge >= 0.3 is 0 Å². The molecular formula is C27H34N2O5S. The highest BCUT2D eigenvalue weighted by Gasteiger charge is 2.26. The van der Waals surface area contributed by atoms with Gasteiger partial charge in [-0.15, -0.1) is 11.8 Å². The first kappa shape index (κ1) is 26.6. The van der Waals surface area contributed by atoms with Crippen molar-refractivity contribution in [1.29, 1.82) is 0 Å². The van der Waals surface area contributed by atoms with Crippen LogP contribution in [0.5, 0.6) is 0 Å². The van der Waals surface area contributed by atoms with Gasteiger partial charge in [-0.25, -0.2) is 0 Å². The van der Waals surface area contributed by atoms with Crippen LogP contribution in [0.4, 0.5) is 5.69 Å². The lowest BCUT2D eigenvalue weighted by Crippen LogP contribution is -2.44. The summed E-state index contributed by atoms with van der Waals surface area (Å²) in [7, 11) is 0. The van der Waals surface area contributed by atoms with Crippen molar-refractivity contribution in [2.24, 2.45) is 5.92 Å². The summed E-state index contributed by atoms with van der Waals surface area (Å²) >= 11 is 1.47. The van der Waals surface area contributed by atoms with Gasteiger partial charge in [-0.3, -0.25) is 14.4 Å². The second kappa shape index (κ2) is 13.2. The van der Waals surface area contributed by atoms with E-state index in [0.717, 1.165) is 24.6 Å². The van der Waals surface area contributed by atoms with E-state index in [1.54, 1.807) is 6.07 Å². The summed E-state index contributed by atoms with van der Waals surface area (Å²) < 4.78 is 11.0. The van der Waals surface area contributed by atoms with Gasteiger partial charge in [0, 0.05) is 23.3 Å². The molecule has 0 saturated heterocycles. The van der Waals surface area contributed by atoms with Crippen LogP contribution in [-0.2, 0) is 15.3 Å². The third-order valence-corrected chi connectivity index (χ3v) is 6.60. The maximum atomic E-state index is 13.1. The summed E-state index contributed by atoms with van der Waals surface area (Å²) in [6.07, 6.45) is 7.19. The highest BCUT2D eigenvalue weighted by molar-refractivity contribution is 7.99. The van der Waals surface area contributed by atoms with Crippen molar-refractivity contribution in [1.82, 2.24) is 5.32 Å². The molecule has 0 bridgehead atoms. The average molecular weight is 499 g/mol. The SMILES string of the molecule is CCCCCC(=O)CSCc1occc1NC(=O)C(CC(C)C)NC(=O)c1occ2ccccc12. The first-order chi connectivity index (χ1) is 16.9. The molecule has 0 aliphatic carbocycles. The van der Waals surface area contributed by atoms with E-state index in [2.05, 4.69) is 17.6 Å². The van der Waals surface area contributed by atoms with E-state index < -0.39 is 11.9 Å². The van der Waals surface area contributed by atoms with Crippen LogP contribution in [0.1, 0.15) is 69.2 Å². The lowest BCUT2D eigenvalue weighted by atomic mass is 10.0. The Kier molecular flexibility index (Phi) is 10.0. The van der Waals surface area contributed by atoms with Gasteiger partial charge in [0.25, 0.3) is 5.91 Å². The van der Waals surface area contributed by atoms with E-state index in [-0.39, 0.29) is 23.4 Å². The summed E-state index contributed by atoms with van der Waals surface area (Å²) in [4.78, 5) is 38.1. The molecule has 1 unspecified atom stereocenters. The lowest BCUT2D eigenvalue weighted by molar-refractivity contribution is -0.118. The molecule has 2 heterocycles. The number of unbranched alkanes of at least 4 members (excludes halogenated alkanes) is 2. The van der Waals surface area contributed by atoms with Gasteiger partial charge in [-0.1, -0.05) is 57.9 Å². The smallest absolute Gasteiger partial charge is 0.288 e. The first-order valence-corrected chi connectivity index (χ1v) is 13.3. The molecule has 7 nitrogen and oxygen atoms in total. The average Bonchev–Trinajstić information content (AvgIpc) is 3.45. The maximum Gasteiger partial charge on any atom is 0.288 e. The van der Waals surface area contributed by atoms with Crippen molar-refractivity contribution in [3.8, 4) is 0 Å². The van der Waals surface area contributed by atoms with Gasteiger partial charge in [0.15, 0.2) is 5.76 Å². The van der Waals surface area contributed by atoms with Crippen molar-refractivity contribution >= 4 is 45.8 Å². The van der Waals surface area contributed by atoms with Crippen LogP contribution in [0, 0.1) is 5.92 Å². The van der Waals surface area contributed by atoms with Gasteiger partial charge in [0.05, 0.1) is 29.7 Å². The minimum atomic E-state index is -0.748. The number of furan rings is 2. The molecule has 35 heavy (non-hydrogen) atoms. The number of benzene rings is 1. The molecule has 0 fully saturated rings. The fraction of sp³-hybridized carbons (Fsp3) is 0.444. The van der Waals surface area contributed by atoms with E-state index in [9.17, 15) is 14.4 Å². The summed E-state index contributed by atoms with van der Waals surface area (Å²) in [6.45, 7) is 6.10. The largest absolute Gasteiger partial charge is 0.466 e. The zero-order valence-corrected chi connectivity index (χ0v) is 21.4. The van der Waals surface area contributed by atoms with Crippen molar-refractivity contribution in [2.75, 3.05) is 11.1 Å². The van der Waals surface area contributed by atoms with Crippen LogP contribution in [0.15, 0.2) is 51.7 Å². The molecule has 188 valence electrons. The predicted octanol–water partition coefficient (Wildman–Crippen LogP) is 6.19. The number of hydrogen-bond acceptors (Lipinski definition) is 6. The monoisotopic (exact) mass is 498 g/mol. The molecule has 3 rings (SSSR count). The van der Waals surface area contributed by atoms with Crippen LogP contribution in [0.25, 0.3) is 10.8 Å². The Morgan fingerprint density at radius 2 is 1.86 bits per heavy atom. The van der Waals surface area contributed by atoms with Crippen molar-refractivity contribution in [2.45, 2.75) is 64.7 Å². The van der Waals surface area contributed by atoms with Crippen molar-refractivity contribution in [3.05, 3.63) is 54.4 Å². The third-order valence-electron chi connectivity index (χ3n) is 5.60. The molecule has 0 spiro atoms. The molecule has 1 atom stereocenters. The number of anilines is 1. The van der Waals surface area contributed by atoms with Gasteiger partial charge < -0.3 is 19.5 Å². The third kappa shape index (κ3) is 7.75. The quantitative estimate of drug-likeness (QED) is 0.257. The van der Waals surface area contributed by atoms with Crippen molar-refractivity contribution in [3.63, 3.8) is 0 Å². The van der Waals surface area contributed by atoms with E-state index in [1.165, 1.54) is 24.3 Å². The lowest BCUT2D eigenvalue weighted by Gasteiger charge is -2.19. The highest BCUT2D eigenvalue weighted by atomic mass is 32.2. The summed E-state index contributed by atoms with van der Waals surface area (Å²) in [6, 6.07) is 8.33. The number of hydrogen-bond donors (Lipinski definition) is 2. The number of amides is 2. The van der Waals surface area contributed by atoms with Crippen LogP contribution >= 0.6 is 11.8 Å². The number of carbonyl (C=O) groups excluding carboxylic acids is 3. The Morgan fingerprint density at radius 3 is 2.63 bits per heavy atom. The predicted molar refractivity (Wildman–Crippen MR) is 140 cm³/mol. The standard InChI is InChI=1S/C27H34N2O5S/c1-4-5-6-10-20(30)16-35-17-24-22(12-13-33-24)28-26(31)23(14-18(2)3)29-27(32)25-21-11-8-7-9-19(21)15-34-25/h7-9,11-13,15,18,23H,4-6,10,14,16-17H2,1-3H3,(H,28,31)(H,29,32). The Labute approximate surface area is 210 Å². The molecule has 2 N–H and O–H groups in total.